The molecule has 0 spiro atoms. The van der Waals surface area contributed by atoms with Crippen molar-refractivity contribution in [3.63, 3.8) is 0 Å². The molecule has 1 aliphatic heterocycles. The van der Waals surface area contributed by atoms with Gasteiger partial charge in [-0.3, -0.25) is 14.8 Å². The predicted octanol–water partition coefficient (Wildman–Crippen LogP) is 1.34. The third-order valence-corrected chi connectivity index (χ3v) is 5.10. The van der Waals surface area contributed by atoms with Crippen LogP contribution in [0, 0.1) is 0 Å². The van der Waals surface area contributed by atoms with Crippen molar-refractivity contribution >= 4 is 5.91 Å². The Morgan fingerprint density at radius 2 is 2.12 bits per heavy atom. The summed E-state index contributed by atoms with van der Waals surface area (Å²) in [5.74, 6) is 0.609. The van der Waals surface area contributed by atoms with Crippen LogP contribution in [0.25, 0.3) is 11.5 Å². The van der Waals surface area contributed by atoms with Gasteiger partial charge in [0.25, 0.3) is 5.91 Å². The fourth-order valence-electron chi connectivity index (χ4n) is 3.75. The van der Waals surface area contributed by atoms with E-state index in [1.165, 1.54) is 0 Å². The number of aromatic nitrogens is 2. The molecule has 0 radical (unpaired) electrons. The molecule has 24 heavy (non-hydrogen) atoms. The molecule has 128 valence electrons. The quantitative estimate of drug-likeness (QED) is 0.887. The van der Waals surface area contributed by atoms with E-state index in [0.29, 0.717) is 30.2 Å². The molecule has 2 fully saturated rings. The van der Waals surface area contributed by atoms with Crippen molar-refractivity contribution in [3.8, 4) is 11.5 Å². The summed E-state index contributed by atoms with van der Waals surface area (Å²) >= 11 is 0. The molecule has 2 atom stereocenters. The Balaban J connectivity index is 1.38. The van der Waals surface area contributed by atoms with E-state index in [1.807, 2.05) is 11.0 Å². The number of rotatable bonds is 3. The summed E-state index contributed by atoms with van der Waals surface area (Å²) in [6, 6.07) is 5.62. The van der Waals surface area contributed by atoms with Gasteiger partial charge in [0.15, 0.2) is 11.5 Å². The minimum atomic E-state index is -0.213. The molecule has 7 nitrogen and oxygen atoms in total. The molecule has 2 N–H and O–H groups in total. The molecular weight excluding hydrogens is 308 g/mol. The zero-order valence-electron chi connectivity index (χ0n) is 13.5. The maximum absolute atomic E-state index is 12.6. The van der Waals surface area contributed by atoms with Gasteiger partial charge in [0.05, 0.1) is 12.4 Å². The topological polar surface area (TPSA) is 85.6 Å². The summed E-state index contributed by atoms with van der Waals surface area (Å²) in [5.41, 5.74) is 1.12. The van der Waals surface area contributed by atoms with Gasteiger partial charge in [-0.05, 0) is 31.4 Å². The molecule has 2 aromatic rings. The standard InChI is InChI=1S/C17H22N4O3/c22-15-4-1-3-14(15)20-6-8-21(9-7-20)17(23)13-11-12(18-19-13)16-5-2-10-24-16/h2,5,10-11,14-15,22H,1,3-4,6-9H2,(H,18,19)/t14-,15-/m1/s1. The van der Waals surface area contributed by atoms with Crippen molar-refractivity contribution in [2.75, 3.05) is 26.2 Å². The van der Waals surface area contributed by atoms with Crippen molar-refractivity contribution in [3.05, 3.63) is 30.2 Å². The van der Waals surface area contributed by atoms with Crippen LogP contribution in [0.3, 0.4) is 0 Å². The second kappa shape index (κ2) is 6.41. The molecule has 1 aliphatic carbocycles. The number of carbonyl (C=O) groups is 1. The second-order valence-corrected chi connectivity index (χ2v) is 6.54. The number of H-pyrrole nitrogens is 1. The molecule has 3 heterocycles. The zero-order chi connectivity index (χ0) is 16.5. The number of aliphatic hydroxyl groups is 1. The minimum absolute atomic E-state index is 0.0596. The third kappa shape index (κ3) is 2.85. The van der Waals surface area contributed by atoms with Gasteiger partial charge < -0.3 is 14.4 Å². The number of hydrogen-bond acceptors (Lipinski definition) is 5. The molecule has 1 saturated carbocycles. The van der Waals surface area contributed by atoms with Crippen LogP contribution in [0.1, 0.15) is 29.8 Å². The van der Waals surface area contributed by atoms with E-state index in [1.54, 1.807) is 18.4 Å². The molecule has 0 bridgehead atoms. The maximum atomic E-state index is 12.6. The van der Waals surface area contributed by atoms with E-state index in [-0.39, 0.29) is 18.1 Å². The molecule has 2 aliphatic rings. The normalized spacial score (nSPS) is 25.3. The van der Waals surface area contributed by atoms with Crippen molar-refractivity contribution in [2.45, 2.75) is 31.4 Å². The Labute approximate surface area is 140 Å². The molecule has 4 rings (SSSR count). The van der Waals surface area contributed by atoms with E-state index in [4.69, 9.17) is 4.42 Å². The van der Waals surface area contributed by atoms with Gasteiger partial charge >= 0.3 is 0 Å². The Bertz CT molecular complexity index is 689. The van der Waals surface area contributed by atoms with Crippen LogP contribution in [-0.2, 0) is 0 Å². The predicted molar refractivity (Wildman–Crippen MR) is 87.4 cm³/mol. The number of aliphatic hydroxyl groups excluding tert-OH is 1. The first-order valence-corrected chi connectivity index (χ1v) is 8.53. The third-order valence-electron chi connectivity index (χ3n) is 5.10. The van der Waals surface area contributed by atoms with Gasteiger partial charge in [-0.1, -0.05) is 0 Å². The van der Waals surface area contributed by atoms with Gasteiger partial charge in [-0.25, -0.2) is 0 Å². The fourth-order valence-corrected chi connectivity index (χ4v) is 3.75. The molecular formula is C17H22N4O3. The van der Waals surface area contributed by atoms with Gasteiger partial charge in [0.2, 0.25) is 0 Å². The van der Waals surface area contributed by atoms with Gasteiger partial charge in [-0.2, -0.15) is 5.10 Å². The number of furan rings is 1. The molecule has 7 heteroatoms. The molecule has 2 aromatic heterocycles. The van der Waals surface area contributed by atoms with Crippen molar-refractivity contribution in [1.82, 2.24) is 20.0 Å². The van der Waals surface area contributed by atoms with Crippen LogP contribution in [-0.4, -0.2) is 69.3 Å². The lowest BCUT2D eigenvalue weighted by Crippen LogP contribution is -2.53. The molecule has 0 unspecified atom stereocenters. The van der Waals surface area contributed by atoms with Crippen LogP contribution >= 0.6 is 0 Å². The summed E-state index contributed by atoms with van der Waals surface area (Å²) in [5, 5.41) is 17.0. The lowest BCUT2D eigenvalue weighted by molar-refractivity contribution is 0.0313. The monoisotopic (exact) mass is 330 g/mol. The van der Waals surface area contributed by atoms with Gasteiger partial charge in [0.1, 0.15) is 5.69 Å². The average Bonchev–Trinajstić information content (AvgIpc) is 3.35. The maximum Gasteiger partial charge on any atom is 0.274 e. The SMILES string of the molecule is O=C(c1cc(-c2ccco2)[nH]n1)N1CCN([C@@H]2CCC[C@H]2O)CC1. The highest BCUT2D eigenvalue weighted by molar-refractivity contribution is 5.93. The zero-order valence-corrected chi connectivity index (χ0v) is 13.5. The number of amides is 1. The number of nitrogens with one attached hydrogen (secondary N) is 1. The summed E-state index contributed by atoms with van der Waals surface area (Å²) < 4.78 is 5.31. The van der Waals surface area contributed by atoms with Gasteiger partial charge in [-0.15, -0.1) is 0 Å². The van der Waals surface area contributed by atoms with Crippen LogP contribution < -0.4 is 0 Å². The summed E-state index contributed by atoms with van der Waals surface area (Å²) in [4.78, 5) is 16.8. The van der Waals surface area contributed by atoms with E-state index in [0.717, 1.165) is 32.4 Å². The summed E-state index contributed by atoms with van der Waals surface area (Å²) in [6.07, 6.45) is 4.42. The minimum Gasteiger partial charge on any atom is -0.463 e. The van der Waals surface area contributed by atoms with E-state index >= 15 is 0 Å². The Hall–Kier alpha value is -2.12. The van der Waals surface area contributed by atoms with Crippen molar-refractivity contribution < 1.29 is 14.3 Å². The number of aromatic amines is 1. The number of piperazine rings is 1. The highest BCUT2D eigenvalue weighted by atomic mass is 16.3. The molecule has 0 aromatic carbocycles. The lowest BCUT2D eigenvalue weighted by atomic mass is 10.1. The Morgan fingerprint density at radius 1 is 1.29 bits per heavy atom. The number of nitrogens with zero attached hydrogens (tertiary/aromatic N) is 3. The highest BCUT2D eigenvalue weighted by Gasteiger charge is 2.33. The second-order valence-electron chi connectivity index (χ2n) is 6.54. The first kappa shape index (κ1) is 15.4. The van der Waals surface area contributed by atoms with Crippen molar-refractivity contribution in [2.24, 2.45) is 0 Å². The van der Waals surface area contributed by atoms with Crippen LogP contribution in [0.2, 0.25) is 0 Å². The first-order valence-electron chi connectivity index (χ1n) is 8.53. The van der Waals surface area contributed by atoms with E-state index in [9.17, 15) is 9.90 Å². The Morgan fingerprint density at radius 3 is 2.79 bits per heavy atom. The summed E-state index contributed by atoms with van der Waals surface area (Å²) in [6.45, 7) is 2.96. The average molecular weight is 330 g/mol. The van der Waals surface area contributed by atoms with E-state index in [2.05, 4.69) is 15.1 Å². The largest absolute Gasteiger partial charge is 0.463 e. The van der Waals surface area contributed by atoms with Crippen LogP contribution in [0.5, 0.6) is 0 Å². The fraction of sp³-hybridized carbons (Fsp3) is 0.529. The molecule has 1 saturated heterocycles. The first-order chi connectivity index (χ1) is 11.7. The lowest BCUT2D eigenvalue weighted by Gasteiger charge is -2.38. The van der Waals surface area contributed by atoms with Crippen molar-refractivity contribution in [1.29, 1.82) is 0 Å². The van der Waals surface area contributed by atoms with E-state index < -0.39 is 0 Å². The van der Waals surface area contributed by atoms with Crippen LogP contribution in [0.4, 0.5) is 0 Å². The van der Waals surface area contributed by atoms with Crippen LogP contribution in [0.15, 0.2) is 28.9 Å². The number of hydrogen-bond donors (Lipinski definition) is 2. The number of carbonyl (C=O) groups excluding carboxylic acids is 1. The smallest absolute Gasteiger partial charge is 0.274 e. The Kier molecular flexibility index (Phi) is 4.12. The summed E-state index contributed by atoms with van der Waals surface area (Å²) in [7, 11) is 0. The molecule has 1 amide bonds. The van der Waals surface area contributed by atoms with Gasteiger partial charge in [0, 0.05) is 38.3 Å². The highest BCUT2D eigenvalue weighted by Crippen LogP contribution is 2.25.